The van der Waals surface area contributed by atoms with Crippen LogP contribution in [0.3, 0.4) is 0 Å². The molecular formula is C18H27NO. The van der Waals surface area contributed by atoms with Crippen LogP contribution in [-0.2, 0) is 11.8 Å². The average molecular weight is 273 g/mol. The van der Waals surface area contributed by atoms with Gasteiger partial charge in [-0.1, -0.05) is 31.4 Å². The molecule has 1 saturated carbocycles. The molecule has 0 spiro atoms. The van der Waals surface area contributed by atoms with Crippen LogP contribution in [0, 0.1) is 0 Å². The van der Waals surface area contributed by atoms with E-state index in [2.05, 4.69) is 32.0 Å². The second-order valence-corrected chi connectivity index (χ2v) is 7.23. The zero-order chi connectivity index (χ0) is 14.2. The minimum absolute atomic E-state index is 0.0229. The van der Waals surface area contributed by atoms with Crippen LogP contribution in [0.5, 0.6) is 5.75 Å². The van der Waals surface area contributed by atoms with Gasteiger partial charge in [0.2, 0.25) is 0 Å². The summed E-state index contributed by atoms with van der Waals surface area (Å²) in [7, 11) is 0. The number of aryl methyl sites for hydroxylation is 1. The second-order valence-electron chi connectivity index (χ2n) is 7.23. The Morgan fingerprint density at radius 2 is 1.85 bits per heavy atom. The molecule has 1 aliphatic carbocycles. The Labute approximate surface area is 122 Å². The van der Waals surface area contributed by atoms with Gasteiger partial charge < -0.3 is 10.5 Å². The quantitative estimate of drug-likeness (QED) is 0.885. The lowest BCUT2D eigenvalue weighted by molar-refractivity contribution is 0.0845. The van der Waals surface area contributed by atoms with E-state index in [-0.39, 0.29) is 11.0 Å². The molecule has 3 rings (SSSR count). The smallest absolute Gasteiger partial charge is 0.123 e. The topological polar surface area (TPSA) is 35.2 Å². The molecule has 2 N–H and O–H groups in total. The van der Waals surface area contributed by atoms with E-state index in [9.17, 15) is 0 Å². The third-order valence-corrected chi connectivity index (χ3v) is 5.26. The zero-order valence-electron chi connectivity index (χ0n) is 12.9. The van der Waals surface area contributed by atoms with Crippen LogP contribution in [0.2, 0.25) is 0 Å². The molecule has 2 aliphatic rings. The van der Waals surface area contributed by atoms with Crippen molar-refractivity contribution in [3.63, 3.8) is 0 Å². The first-order valence-electron chi connectivity index (χ1n) is 8.07. The Hall–Kier alpha value is -1.02. The van der Waals surface area contributed by atoms with E-state index >= 15 is 0 Å². The zero-order valence-corrected chi connectivity index (χ0v) is 12.9. The summed E-state index contributed by atoms with van der Waals surface area (Å²) < 4.78 is 6.10. The summed E-state index contributed by atoms with van der Waals surface area (Å²) in [4.78, 5) is 0. The Kier molecular flexibility index (Phi) is 3.53. The Bertz CT molecular complexity index is 486. The molecule has 110 valence electrons. The first-order chi connectivity index (χ1) is 9.55. The Balaban J connectivity index is 1.92. The fourth-order valence-electron chi connectivity index (χ4n) is 3.83. The van der Waals surface area contributed by atoms with Gasteiger partial charge in [-0.15, -0.1) is 0 Å². The maximum absolute atomic E-state index is 6.16. The van der Waals surface area contributed by atoms with E-state index in [1.165, 1.54) is 43.2 Å². The molecule has 0 atom stereocenters. The Morgan fingerprint density at radius 1 is 1.10 bits per heavy atom. The third-order valence-electron chi connectivity index (χ3n) is 5.26. The van der Waals surface area contributed by atoms with Crippen molar-refractivity contribution in [1.29, 1.82) is 0 Å². The van der Waals surface area contributed by atoms with Crippen LogP contribution >= 0.6 is 0 Å². The molecule has 1 aromatic carbocycles. The van der Waals surface area contributed by atoms with Crippen molar-refractivity contribution in [2.75, 3.05) is 6.54 Å². The van der Waals surface area contributed by atoms with Crippen LogP contribution in [0.4, 0.5) is 0 Å². The SMILES string of the molecule is CC1(C)CCc2cc(C3(CN)CCCCC3)ccc2O1. The van der Waals surface area contributed by atoms with Crippen LogP contribution in [0.25, 0.3) is 0 Å². The number of ether oxygens (including phenoxy) is 1. The standard InChI is InChI=1S/C18H27NO/c1-17(2)11-8-14-12-15(6-7-16(14)20-17)18(13-19)9-4-3-5-10-18/h6-7,12H,3-5,8-11,13,19H2,1-2H3. The van der Waals surface area contributed by atoms with E-state index in [1.54, 1.807) is 0 Å². The summed E-state index contributed by atoms with van der Waals surface area (Å²) >= 11 is 0. The summed E-state index contributed by atoms with van der Waals surface area (Å²) in [5.41, 5.74) is 9.18. The molecule has 1 aliphatic heterocycles. The largest absolute Gasteiger partial charge is 0.488 e. The van der Waals surface area contributed by atoms with Crippen LogP contribution < -0.4 is 10.5 Å². The van der Waals surface area contributed by atoms with Gasteiger partial charge in [0.15, 0.2) is 0 Å². The van der Waals surface area contributed by atoms with Gasteiger partial charge in [0.25, 0.3) is 0 Å². The summed E-state index contributed by atoms with van der Waals surface area (Å²) in [6.07, 6.45) is 8.71. The minimum atomic E-state index is -0.0229. The molecule has 0 saturated heterocycles. The van der Waals surface area contributed by atoms with E-state index in [0.29, 0.717) is 0 Å². The molecule has 20 heavy (non-hydrogen) atoms. The maximum Gasteiger partial charge on any atom is 0.123 e. The van der Waals surface area contributed by atoms with Gasteiger partial charge in [-0.2, -0.15) is 0 Å². The van der Waals surface area contributed by atoms with Crippen molar-refractivity contribution in [2.24, 2.45) is 5.73 Å². The van der Waals surface area contributed by atoms with Crippen LogP contribution in [0.15, 0.2) is 18.2 Å². The molecule has 0 aromatic heterocycles. The highest BCUT2D eigenvalue weighted by atomic mass is 16.5. The van der Waals surface area contributed by atoms with Gasteiger partial charge in [0, 0.05) is 12.0 Å². The molecule has 0 bridgehead atoms. The molecule has 2 nitrogen and oxygen atoms in total. The van der Waals surface area contributed by atoms with Crippen LogP contribution in [0.1, 0.15) is 63.5 Å². The third kappa shape index (κ3) is 2.46. The van der Waals surface area contributed by atoms with Crippen LogP contribution in [-0.4, -0.2) is 12.1 Å². The summed E-state index contributed by atoms with van der Waals surface area (Å²) in [5, 5.41) is 0. The van der Waals surface area contributed by atoms with Gasteiger partial charge in [-0.3, -0.25) is 0 Å². The van der Waals surface area contributed by atoms with E-state index in [4.69, 9.17) is 10.5 Å². The molecule has 1 heterocycles. The lowest BCUT2D eigenvalue weighted by Crippen LogP contribution is -2.37. The van der Waals surface area contributed by atoms with Crippen molar-refractivity contribution >= 4 is 0 Å². The van der Waals surface area contributed by atoms with Gasteiger partial charge in [-0.25, -0.2) is 0 Å². The Morgan fingerprint density at radius 3 is 2.55 bits per heavy atom. The number of rotatable bonds is 2. The highest BCUT2D eigenvalue weighted by Crippen LogP contribution is 2.41. The van der Waals surface area contributed by atoms with Crippen molar-refractivity contribution < 1.29 is 4.74 Å². The lowest BCUT2D eigenvalue weighted by atomic mass is 9.69. The number of fused-ring (bicyclic) bond motifs is 1. The van der Waals surface area contributed by atoms with Crippen molar-refractivity contribution in [3.05, 3.63) is 29.3 Å². The predicted molar refractivity (Wildman–Crippen MR) is 83.3 cm³/mol. The summed E-state index contributed by atoms with van der Waals surface area (Å²) in [6.45, 7) is 5.12. The van der Waals surface area contributed by atoms with Crippen molar-refractivity contribution in [1.82, 2.24) is 0 Å². The monoisotopic (exact) mass is 273 g/mol. The molecule has 0 amide bonds. The highest BCUT2D eigenvalue weighted by Gasteiger charge is 2.34. The fraction of sp³-hybridized carbons (Fsp3) is 0.667. The molecule has 0 radical (unpaired) electrons. The second kappa shape index (κ2) is 5.07. The maximum atomic E-state index is 6.16. The lowest BCUT2D eigenvalue weighted by Gasteiger charge is -2.38. The average Bonchev–Trinajstić information content (AvgIpc) is 2.46. The molecule has 2 heteroatoms. The van der Waals surface area contributed by atoms with Crippen molar-refractivity contribution in [3.8, 4) is 5.75 Å². The van der Waals surface area contributed by atoms with E-state index < -0.39 is 0 Å². The summed E-state index contributed by atoms with van der Waals surface area (Å²) in [5.74, 6) is 1.08. The predicted octanol–water partition coefficient (Wildman–Crippen LogP) is 3.95. The molecular weight excluding hydrogens is 246 g/mol. The number of benzene rings is 1. The first-order valence-corrected chi connectivity index (χ1v) is 8.07. The highest BCUT2D eigenvalue weighted by molar-refractivity contribution is 5.42. The van der Waals surface area contributed by atoms with E-state index in [0.717, 1.165) is 25.1 Å². The number of hydrogen-bond acceptors (Lipinski definition) is 2. The minimum Gasteiger partial charge on any atom is -0.488 e. The van der Waals surface area contributed by atoms with E-state index in [1.807, 2.05) is 0 Å². The van der Waals surface area contributed by atoms with Crippen molar-refractivity contribution in [2.45, 2.75) is 69.8 Å². The number of nitrogens with two attached hydrogens (primary N) is 1. The normalized spacial score (nSPS) is 23.8. The fourth-order valence-corrected chi connectivity index (χ4v) is 3.83. The first kappa shape index (κ1) is 13.9. The van der Waals surface area contributed by atoms with Gasteiger partial charge in [0.1, 0.15) is 11.4 Å². The summed E-state index contributed by atoms with van der Waals surface area (Å²) in [6, 6.07) is 6.82. The van der Waals surface area contributed by atoms with Gasteiger partial charge in [0.05, 0.1) is 0 Å². The van der Waals surface area contributed by atoms with Gasteiger partial charge in [-0.05, 0) is 56.7 Å². The van der Waals surface area contributed by atoms with Gasteiger partial charge >= 0.3 is 0 Å². The number of hydrogen-bond donors (Lipinski definition) is 1. The molecule has 1 fully saturated rings. The molecule has 0 unspecified atom stereocenters. The molecule has 1 aromatic rings.